The number of ether oxygens (including phenoxy) is 4. The maximum atomic E-state index is 12.2. The number of carbonyl (C=O) groups is 2. The van der Waals surface area contributed by atoms with Crippen molar-refractivity contribution in [3.63, 3.8) is 0 Å². The van der Waals surface area contributed by atoms with E-state index >= 15 is 0 Å². The Morgan fingerprint density at radius 3 is 2.55 bits per heavy atom. The van der Waals surface area contributed by atoms with Crippen molar-refractivity contribution in [1.82, 2.24) is 0 Å². The fourth-order valence-corrected chi connectivity index (χ4v) is 3.05. The first kappa shape index (κ1) is 22.0. The number of hydrogen-bond acceptors (Lipinski definition) is 7. The van der Waals surface area contributed by atoms with Crippen molar-refractivity contribution in [1.29, 1.82) is 0 Å². The molecule has 1 aliphatic heterocycles. The predicted octanol–water partition coefficient (Wildman–Crippen LogP) is 4.03. The van der Waals surface area contributed by atoms with E-state index < -0.39 is 11.6 Å². The number of phenolic OH excluding ortho intramolecular Hbond substituents is 1. The number of benzene rings is 2. The normalized spacial score (nSPS) is 17.0. The van der Waals surface area contributed by atoms with Gasteiger partial charge in [0.05, 0.1) is 14.2 Å². The first-order valence-corrected chi connectivity index (χ1v) is 9.58. The fraction of sp³-hybridized carbons (Fsp3) is 0.250. The van der Waals surface area contributed by atoms with Gasteiger partial charge in [-0.05, 0) is 55.8 Å². The minimum atomic E-state index is -0.900. The molecule has 0 radical (unpaired) electrons. The fourth-order valence-electron chi connectivity index (χ4n) is 3.05. The van der Waals surface area contributed by atoms with E-state index in [1.165, 1.54) is 33.3 Å². The van der Waals surface area contributed by atoms with Gasteiger partial charge in [-0.25, -0.2) is 4.79 Å². The third-order valence-corrected chi connectivity index (χ3v) is 4.78. The Morgan fingerprint density at radius 2 is 1.87 bits per heavy atom. The number of Topliss-reactive ketones (excluding diaryl/α,β-unsaturated/α-hetero) is 1. The number of ketones is 1. The summed E-state index contributed by atoms with van der Waals surface area (Å²) in [5.74, 6) is 0.627. The summed E-state index contributed by atoms with van der Waals surface area (Å²) in [5, 5.41) is 9.63. The molecule has 1 aliphatic rings. The van der Waals surface area contributed by atoms with Crippen molar-refractivity contribution in [2.45, 2.75) is 19.4 Å². The van der Waals surface area contributed by atoms with Gasteiger partial charge in [0.15, 0.2) is 34.4 Å². The molecule has 0 aliphatic carbocycles. The van der Waals surface area contributed by atoms with Crippen LogP contribution < -0.4 is 14.2 Å². The highest BCUT2D eigenvalue weighted by Crippen LogP contribution is 2.40. The average molecular weight is 424 g/mol. The van der Waals surface area contributed by atoms with Crippen LogP contribution >= 0.6 is 0 Å². The second-order valence-electron chi connectivity index (χ2n) is 7.27. The highest BCUT2D eigenvalue weighted by atomic mass is 16.6. The van der Waals surface area contributed by atoms with Crippen molar-refractivity contribution in [3.05, 3.63) is 59.2 Å². The minimum absolute atomic E-state index is 0.0162. The smallest absolute Gasteiger partial charge is 0.330 e. The topological polar surface area (TPSA) is 91.3 Å². The van der Waals surface area contributed by atoms with Gasteiger partial charge in [0, 0.05) is 17.2 Å². The second kappa shape index (κ2) is 8.95. The molecule has 1 N–H and O–H groups in total. The lowest BCUT2D eigenvalue weighted by atomic mass is 9.98. The quantitative estimate of drug-likeness (QED) is 0.408. The van der Waals surface area contributed by atoms with Crippen molar-refractivity contribution in [3.8, 4) is 23.0 Å². The maximum Gasteiger partial charge on any atom is 0.330 e. The van der Waals surface area contributed by atoms with Crippen LogP contribution in [0.25, 0.3) is 12.2 Å². The molecule has 2 aromatic carbocycles. The van der Waals surface area contributed by atoms with Crippen molar-refractivity contribution in [2.24, 2.45) is 0 Å². The molecule has 0 amide bonds. The lowest BCUT2D eigenvalue weighted by Gasteiger charge is -2.32. The number of rotatable bonds is 7. The van der Waals surface area contributed by atoms with Crippen LogP contribution in [-0.4, -0.2) is 43.3 Å². The SMILES string of the molecule is COc1cc(C=CC(=O)OCC2(C)C=Cc3cc(C(C)=O)cc(OC)c3O2)ccc1O. The van der Waals surface area contributed by atoms with Crippen molar-refractivity contribution in [2.75, 3.05) is 20.8 Å². The lowest BCUT2D eigenvalue weighted by Crippen LogP contribution is -2.38. The van der Waals surface area contributed by atoms with Gasteiger partial charge in [-0.2, -0.15) is 0 Å². The summed E-state index contributed by atoms with van der Waals surface area (Å²) >= 11 is 0. The highest BCUT2D eigenvalue weighted by molar-refractivity contribution is 5.96. The second-order valence-corrected chi connectivity index (χ2v) is 7.27. The number of carbonyl (C=O) groups excluding carboxylic acids is 2. The molecule has 0 aromatic heterocycles. The Bertz CT molecular complexity index is 1070. The molecule has 7 nitrogen and oxygen atoms in total. The molecular formula is C24H24O7. The van der Waals surface area contributed by atoms with Crippen molar-refractivity contribution < 1.29 is 33.6 Å². The summed E-state index contributed by atoms with van der Waals surface area (Å²) in [6.45, 7) is 3.25. The number of methoxy groups -OCH3 is 2. The van der Waals surface area contributed by atoms with Gasteiger partial charge in [-0.15, -0.1) is 0 Å². The van der Waals surface area contributed by atoms with Gasteiger partial charge in [0.1, 0.15) is 6.61 Å². The monoisotopic (exact) mass is 424 g/mol. The van der Waals surface area contributed by atoms with E-state index in [-0.39, 0.29) is 18.1 Å². The van der Waals surface area contributed by atoms with Gasteiger partial charge < -0.3 is 24.1 Å². The Hall–Kier alpha value is -3.74. The molecule has 0 saturated heterocycles. The Balaban J connectivity index is 1.68. The number of esters is 1. The first-order valence-electron chi connectivity index (χ1n) is 9.58. The zero-order valence-electron chi connectivity index (χ0n) is 17.8. The van der Waals surface area contributed by atoms with E-state index in [1.807, 2.05) is 6.08 Å². The molecule has 0 bridgehead atoms. The standard InChI is InChI=1S/C24H24O7/c1-15(25)18-12-17-9-10-24(2,31-23(17)21(13-18)29-4)14-30-22(27)8-6-16-5-7-19(26)20(11-16)28-3/h5-13,26H,14H2,1-4H3. The summed E-state index contributed by atoms with van der Waals surface area (Å²) in [6.07, 6.45) is 6.45. The number of fused-ring (bicyclic) bond motifs is 1. The van der Waals surface area contributed by atoms with Crippen LogP contribution in [0.5, 0.6) is 23.0 Å². The van der Waals surface area contributed by atoms with Crippen LogP contribution in [0.15, 0.2) is 42.5 Å². The van der Waals surface area contributed by atoms with Crippen LogP contribution in [0, 0.1) is 0 Å². The first-order chi connectivity index (χ1) is 14.7. The molecule has 3 rings (SSSR count). The Kier molecular flexibility index (Phi) is 6.34. The van der Waals surface area contributed by atoms with E-state index in [0.717, 1.165) is 5.56 Å². The minimum Gasteiger partial charge on any atom is -0.504 e. The largest absolute Gasteiger partial charge is 0.504 e. The van der Waals surface area contributed by atoms with Gasteiger partial charge in [0.25, 0.3) is 0 Å². The van der Waals surface area contributed by atoms with E-state index in [1.54, 1.807) is 43.3 Å². The molecule has 0 saturated carbocycles. The van der Waals surface area contributed by atoms with Crippen LogP contribution in [0.2, 0.25) is 0 Å². The van der Waals surface area contributed by atoms with Gasteiger partial charge >= 0.3 is 5.97 Å². The Morgan fingerprint density at radius 1 is 1.13 bits per heavy atom. The summed E-state index contributed by atoms with van der Waals surface area (Å²) in [5.41, 5.74) is 1.01. The van der Waals surface area contributed by atoms with Crippen LogP contribution in [0.4, 0.5) is 0 Å². The van der Waals surface area contributed by atoms with E-state index in [2.05, 4.69) is 0 Å². The number of phenols is 1. The zero-order chi connectivity index (χ0) is 22.6. The molecular weight excluding hydrogens is 400 g/mol. The molecule has 0 spiro atoms. The Labute approximate surface area is 180 Å². The van der Waals surface area contributed by atoms with Crippen molar-refractivity contribution >= 4 is 23.9 Å². The molecule has 1 heterocycles. The van der Waals surface area contributed by atoms with Gasteiger partial charge in [-0.1, -0.05) is 12.1 Å². The summed E-state index contributed by atoms with van der Waals surface area (Å²) in [4.78, 5) is 23.9. The maximum absolute atomic E-state index is 12.2. The molecule has 7 heteroatoms. The third-order valence-electron chi connectivity index (χ3n) is 4.78. The average Bonchev–Trinajstić information content (AvgIpc) is 2.76. The molecule has 2 aromatic rings. The molecule has 31 heavy (non-hydrogen) atoms. The molecule has 1 atom stereocenters. The number of hydrogen-bond donors (Lipinski definition) is 1. The van der Waals surface area contributed by atoms with Gasteiger partial charge in [0.2, 0.25) is 0 Å². The number of aromatic hydroxyl groups is 1. The predicted molar refractivity (Wildman–Crippen MR) is 116 cm³/mol. The highest BCUT2D eigenvalue weighted by Gasteiger charge is 2.31. The van der Waals surface area contributed by atoms with Gasteiger partial charge in [-0.3, -0.25) is 4.79 Å². The summed E-state index contributed by atoms with van der Waals surface area (Å²) < 4.78 is 21.9. The molecule has 0 fully saturated rings. The molecule has 1 unspecified atom stereocenters. The lowest BCUT2D eigenvalue weighted by molar-refractivity contribution is -0.141. The van der Waals surface area contributed by atoms with E-state index in [0.29, 0.717) is 28.4 Å². The third kappa shape index (κ3) is 5.06. The summed E-state index contributed by atoms with van der Waals surface area (Å²) in [6, 6.07) is 8.09. The molecule has 162 valence electrons. The van der Waals surface area contributed by atoms with Crippen LogP contribution in [-0.2, 0) is 9.53 Å². The summed E-state index contributed by atoms with van der Waals surface area (Å²) in [7, 11) is 2.95. The van der Waals surface area contributed by atoms with E-state index in [9.17, 15) is 14.7 Å². The van der Waals surface area contributed by atoms with E-state index in [4.69, 9.17) is 18.9 Å². The van der Waals surface area contributed by atoms with Crippen LogP contribution in [0.3, 0.4) is 0 Å². The van der Waals surface area contributed by atoms with Crippen LogP contribution in [0.1, 0.15) is 35.3 Å². The zero-order valence-corrected chi connectivity index (χ0v) is 17.8.